The summed E-state index contributed by atoms with van der Waals surface area (Å²) in [5, 5.41) is 14.5. The molecule has 0 aliphatic rings. The van der Waals surface area contributed by atoms with Crippen molar-refractivity contribution in [3.63, 3.8) is 0 Å². The summed E-state index contributed by atoms with van der Waals surface area (Å²) in [5.41, 5.74) is -3.83. The van der Waals surface area contributed by atoms with E-state index in [1.807, 2.05) is 0 Å². The van der Waals surface area contributed by atoms with E-state index in [9.17, 15) is 27.7 Å². The second-order valence-corrected chi connectivity index (χ2v) is 2.23. The molecule has 78 valence electrons. The van der Waals surface area contributed by atoms with Crippen LogP contribution in [-0.2, 0) is 0 Å². The summed E-state index contributed by atoms with van der Waals surface area (Å²) in [6, 6.07) is 0. The number of hydrogen-bond acceptors (Lipinski definition) is 3. The molecular formula is C5H3F4N3O2. The third kappa shape index (κ3) is 1.65. The third-order valence-corrected chi connectivity index (χ3v) is 1.40. The lowest BCUT2D eigenvalue weighted by Crippen LogP contribution is -1.97. The zero-order valence-corrected chi connectivity index (χ0v) is 6.38. The van der Waals surface area contributed by atoms with Crippen molar-refractivity contribution >= 4 is 5.69 Å². The second-order valence-electron chi connectivity index (χ2n) is 2.23. The summed E-state index contributed by atoms with van der Waals surface area (Å²) >= 11 is 0. The average Bonchev–Trinajstić information content (AvgIpc) is 2.46. The maximum Gasteiger partial charge on any atom is 0.324 e. The predicted molar refractivity (Wildman–Crippen MR) is 35.2 cm³/mol. The summed E-state index contributed by atoms with van der Waals surface area (Å²) in [4.78, 5) is 8.88. The Hall–Kier alpha value is -1.67. The van der Waals surface area contributed by atoms with Gasteiger partial charge in [0, 0.05) is 0 Å². The van der Waals surface area contributed by atoms with Gasteiger partial charge < -0.3 is 0 Å². The minimum absolute atomic E-state index is 1.20. The molecular weight excluding hydrogens is 210 g/mol. The topological polar surface area (TPSA) is 71.8 Å². The van der Waals surface area contributed by atoms with Gasteiger partial charge in [-0.3, -0.25) is 15.2 Å². The van der Waals surface area contributed by atoms with Gasteiger partial charge in [-0.1, -0.05) is 0 Å². The van der Waals surface area contributed by atoms with E-state index in [0.717, 1.165) is 0 Å². The number of rotatable bonds is 3. The molecule has 0 aliphatic heterocycles. The fourth-order valence-electron chi connectivity index (χ4n) is 0.860. The minimum Gasteiger partial charge on any atom is -0.270 e. The van der Waals surface area contributed by atoms with Crippen LogP contribution in [0.15, 0.2) is 0 Å². The molecule has 0 unspecified atom stereocenters. The lowest BCUT2D eigenvalue weighted by atomic mass is 10.3. The first-order chi connectivity index (χ1) is 6.45. The van der Waals surface area contributed by atoms with E-state index in [1.54, 1.807) is 0 Å². The molecule has 5 nitrogen and oxygen atoms in total. The number of halogens is 4. The van der Waals surface area contributed by atoms with Crippen LogP contribution >= 0.6 is 0 Å². The van der Waals surface area contributed by atoms with Crippen molar-refractivity contribution in [2.75, 3.05) is 0 Å². The van der Waals surface area contributed by atoms with Crippen molar-refractivity contribution in [2.24, 2.45) is 0 Å². The van der Waals surface area contributed by atoms with Crippen molar-refractivity contribution in [1.82, 2.24) is 10.2 Å². The lowest BCUT2D eigenvalue weighted by molar-refractivity contribution is -0.387. The summed E-state index contributed by atoms with van der Waals surface area (Å²) < 4.78 is 48.2. The van der Waals surface area contributed by atoms with Crippen molar-refractivity contribution in [3.8, 4) is 0 Å². The van der Waals surface area contributed by atoms with Crippen LogP contribution in [0.5, 0.6) is 0 Å². The van der Waals surface area contributed by atoms with Gasteiger partial charge in [-0.05, 0) is 0 Å². The monoisotopic (exact) mass is 213 g/mol. The molecule has 0 amide bonds. The molecule has 0 aliphatic carbocycles. The molecule has 0 aromatic carbocycles. The highest BCUT2D eigenvalue weighted by Crippen LogP contribution is 2.34. The molecule has 14 heavy (non-hydrogen) atoms. The number of aromatic nitrogens is 2. The van der Waals surface area contributed by atoms with E-state index in [4.69, 9.17) is 0 Å². The first kappa shape index (κ1) is 10.4. The van der Waals surface area contributed by atoms with Crippen LogP contribution < -0.4 is 0 Å². The highest BCUT2D eigenvalue weighted by atomic mass is 19.3. The van der Waals surface area contributed by atoms with E-state index in [0.29, 0.717) is 0 Å². The van der Waals surface area contributed by atoms with Gasteiger partial charge in [0.05, 0.1) is 4.92 Å². The van der Waals surface area contributed by atoms with Crippen LogP contribution in [0.4, 0.5) is 23.2 Å². The van der Waals surface area contributed by atoms with Gasteiger partial charge in [0.25, 0.3) is 12.9 Å². The van der Waals surface area contributed by atoms with Gasteiger partial charge in [0.2, 0.25) is 5.69 Å². The van der Waals surface area contributed by atoms with Gasteiger partial charge in [-0.25, -0.2) is 17.6 Å². The smallest absolute Gasteiger partial charge is 0.270 e. The minimum atomic E-state index is -3.26. The zero-order chi connectivity index (χ0) is 10.9. The molecule has 0 fully saturated rings. The largest absolute Gasteiger partial charge is 0.324 e. The standard InChI is InChI=1S/C5H3F4N3O2/c6-4(7)1-3(12(13)14)2(5(8)9)11-10-1/h4-5H,(H,10,11). The third-order valence-electron chi connectivity index (χ3n) is 1.40. The van der Waals surface area contributed by atoms with Crippen molar-refractivity contribution in [1.29, 1.82) is 0 Å². The maximum atomic E-state index is 12.0. The Kier molecular flexibility index (Phi) is 2.68. The molecule has 1 heterocycles. The molecule has 1 aromatic heterocycles. The van der Waals surface area contributed by atoms with Crippen LogP contribution in [0, 0.1) is 10.1 Å². The van der Waals surface area contributed by atoms with Gasteiger partial charge in [-0.2, -0.15) is 5.10 Å². The van der Waals surface area contributed by atoms with E-state index in [1.165, 1.54) is 5.10 Å². The Morgan fingerprint density at radius 3 is 2.21 bits per heavy atom. The first-order valence-corrected chi connectivity index (χ1v) is 3.24. The Morgan fingerprint density at radius 2 is 1.86 bits per heavy atom. The molecule has 0 atom stereocenters. The summed E-state index contributed by atoms with van der Waals surface area (Å²) in [6.45, 7) is 0. The fourth-order valence-corrected chi connectivity index (χ4v) is 0.860. The number of alkyl halides is 4. The number of nitrogens with zero attached hydrogens (tertiary/aromatic N) is 2. The number of hydrogen-bond donors (Lipinski definition) is 1. The van der Waals surface area contributed by atoms with E-state index >= 15 is 0 Å². The molecule has 1 aromatic rings. The van der Waals surface area contributed by atoms with Gasteiger partial charge in [0.1, 0.15) is 0 Å². The summed E-state index contributed by atoms with van der Waals surface area (Å²) in [7, 11) is 0. The Labute approximate surface area is 73.9 Å². The molecule has 0 spiro atoms. The fraction of sp³-hybridized carbons (Fsp3) is 0.400. The molecule has 0 saturated carbocycles. The number of nitro groups is 1. The van der Waals surface area contributed by atoms with Crippen LogP contribution in [0.2, 0.25) is 0 Å². The van der Waals surface area contributed by atoms with Crippen molar-refractivity contribution in [3.05, 3.63) is 21.5 Å². The summed E-state index contributed by atoms with van der Waals surface area (Å²) in [5.74, 6) is 0. The molecule has 0 bridgehead atoms. The zero-order valence-electron chi connectivity index (χ0n) is 6.38. The Balaban J connectivity index is 3.28. The molecule has 9 heteroatoms. The quantitative estimate of drug-likeness (QED) is 0.475. The first-order valence-electron chi connectivity index (χ1n) is 3.24. The van der Waals surface area contributed by atoms with E-state index < -0.39 is 34.8 Å². The molecule has 1 N–H and O–H groups in total. The molecule has 1 rings (SSSR count). The SMILES string of the molecule is O=[N+]([O-])c1c(C(F)F)n[nH]c1C(F)F. The van der Waals surface area contributed by atoms with Gasteiger partial charge in [0.15, 0.2) is 5.69 Å². The molecule has 0 radical (unpaired) electrons. The van der Waals surface area contributed by atoms with Crippen LogP contribution in [0.1, 0.15) is 24.2 Å². The summed E-state index contributed by atoms with van der Waals surface area (Å²) in [6.07, 6.45) is -6.51. The second kappa shape index (κ2) is 3.60. The lowest BCUT2D eigenvalue weighted by Gasteiger charge is -1.95. The van der Waals surface area contributed by atoms with E-state index in [-0.39, 0.29) is 0 Å². The van der Waals surface area contributed by atoms with Crippen LogP contribution in [-0.4, -0.2) is 15.1 Å². The normalized spacial score (nSPS) is 11.3. The Morgan fingerprint density at radius 1 is 1.29 bits per heavy atom. The highest BCUT2D eigenvalue weighted by molar-refractivity contribution is 5.41. The van der Waals surface area contributed by atoms with Gasteiger partial charge in [-0.15, -0.1) is 0 Å². The van der Waals surface area contributed by atoms with Crippen molar-refractivity contribution < 1.29 is 22.5 Å². The average molecular weight is 213 g/mol. The number of nitrogens with one attached hydrogen (secondary N) is 1. The number of H-pyrrole nitrogens is 1. The highest BCUT2D eigenvalue weighted by Gasteiger charge is 2.33. The van der Waals surface area contributed by atoms with Gasteiger partial charge >= 0.3 is 5.69 Å². The predicted octanol–water partition coefficient (Wildman–Crippen LogP) is 2.19. The molecule has 0 saturated heterocycles. The number of aromatic amines is 1. The maximum absolute atomic E-state index is 12.0. The Bertz CT molecular complexity index is 325. The van der Waals surface area contributed by atoms with Crippen LogP contribution in [0.3, 0.4) is 0 Å². The van der Waals surface area contributed by atoms with E-state index in [2.05, 4.69) is 5.10 Å². The van der Waals surface area contributed by atoms with Crippen LogP contribution in [0.25, 0.3) is 0 Å². The van der Waals surface area contributed by atoms with Crippen molar-refractivity contribution in [2.45, 2.75) is 12.9 Å².